The molecule has 0 aliphatic heterocycles. The van der Waals surface area contributed by atoms with Gasteiger partial charge in [0.15, 0.2) is 0 Å². The third-order valence-electron chi connectivity index (χ3n) is 6.00. The van der Waals surface area contributed by atoms with E-state index in [9.17, 15) is 14.4 Å². The highest BCUT2D eigenvalue weighted by atomic mass is 16.4. The van der Waals surface area contributed by atoms with Crippen LogP contribution < -0.4 is 16.0 Å². The highest BCUT2D eigenvalue weighted by Gasteiger charge is 2.24. The number of nitrogens with one attached hydrogen (secondary N) is 3. The van der Waals surface area contributed by atoms with Gasteiger partial charge in [-0.05, 0) is 73.4 Å². The van der Waals surface area contributed by atoms with E-state index in [2.05, 4.69) is 26.1 Å². The molecule has 2 amide bonds. The molecule has 0 saturated heterocycles. The molecule has 0 bridgehead atoms. The van der Waals surface area contributed by atoms with E-state index >= 15 is 0 Å². The summed E-state index contributed by atoms with van der Waals surface area (Å²) in [6.45, 7) is 1.42. The van der Waals surface area contributed by atoms with Gasteiger partial charge < -0.3 is 25.5 Å². The Morgan fingerprint density at radius 2 is 1.66 bits per heavy atom. The number of benzene rings is 2. The number of nitrogens with zero attached hydrogens (tertiary/aromatic N) is 2. The molecule has 1 saturated carbocycles. The van der Waals surface area contributed by atoms with Gasteiger partial charge in [-0.1, -0.05) is 23.3 Å². The molecule has 4 rings (SSSR count). The van der Waals surface area contributed by atoms with Crippen molar-refractivity contribution in [2.24, 2.45) is 5.92 Å². The zero-order valence-corrected chi connectivity index (χ0v) is 19.3. The van der Waals surface area contributed by atoms with Gasteiger partial charge in [0, 0.05) is 30.4 Å². The second kappa shape index (κ2) is 10.8. The number of rotatable bonds is 8. The van der Waals surface area contributed by atoms with Gasteiger partial charge in [-0.15, -0.1) is 5.10 Å². The van der Waals surface area contributed by atoms with E-state index in [0.717, 1.165) is 25.7 Å². The van der Waals surface area contributed by atoms with E-state index in [1.165, 1.54) is 12.5 Å². The third-order valence-corrected chi connectivity index (χ3v) is 6.00. The van der Waals surface area contributed by atoms with Crippen LogP contribution >= 0.6 is 0 Å². The molecule has 1 aliphatic carbocycles. The van der Waals surface area contributed by atoms with Gasteiger partial charge in [0.05, 0.1) is 0 Å². The predicted molar refractivity (Wildman–Crippen MR) is 130 cm³/mol. The van der Waals surface area contributed by atoms with E-state index in [4.69, 9.17) is 9.52 Å². The van der Waals surface area contributed by atoms with Gasteiger partial charge in [-0.25, -0.2) is 0 Å². The minimum atomic E-state index is -0.728. The molecule has 0 unspecified atom stereocenters. The Morgan fingerprint density at radius 3 is 2.34 bits per heavy atom. The van der Waals surface area contributed by atoms with Crippen LogP contribution in [0, 0.1) is 5.92 Å². The Morgan fingerprint density at radius 1 is 0.943 bits per heavy atom. The van der Waals surface area contributed by atoms with Crippen LogP contribution in [0.5, 0.6) is 0 Å². The topological polar surface area (TPSA) is 146 Å². The van der Waals surface area contributed by atoms with Gasteiger partial charge in [0.25, 0.3) is 0 Å². The molecule has 2 aromatic carbocycles. The van der Waals surface area contributed by atoms with E-state index in [1.807, 2.05) is 24.3 Å². The number of carbonyl (C=O) groups is 3. The lowest BCUT2D eigenvalue weighted by Crippen LogP contribution is -2.16. The van der Waals surface area contributed by atoms with Crippen molar-refractivity contribution in [2.45, 2.75) is 44.9 Å². The third kappa shape index (κ3) is 6.66. The first-order chi connectivity index (χ1) is 16.9. The van der Waals surface area contributed by atoms with Gasteiger partial charge in [0.2, 0.25) is 5.91 Å². The second-order valence-corrected chi connectivity index (χ2v) is 8.69. The quantitative estimate of drug-likeness (QED) is 0.363. The first-order valence-corrected chi connectivity index (χ1v) is 11.5. The number of carboxylic acid groups (broad SMARTS) is 1. The maximum Gasteiger partial charge on any atom is 0.320 e. The number of hydrogen-bond donors (Lipinski definition) is 4. The minimum Gasteiger partial charge on any atom is -0.481 e. The van der Waals surface area contributed by atoms with Gasteiger partial charge in [-0.3, -0.25) is 14.4 Å². The fourth-order valence-electron chi connectivity index (χ4n) is 4.34. The van der Waals surface area contributed by atoms with Crippen molar-refractivity contribution < 1.29 is 23.9 Å². The molecule has 0 atom stereocenters. The summed E-state index contributed by atoms with van der Waals surface area (Å²) in [6, 6.07) is 14.6. The molecular formula is C25H27N5O5. The number of aliphatic carboxylic acids is 1. The Hall–Kier alpha value is -4.21. The van der Waals surface area contributed by atoms with E-state index in [1.54, 1.807) is 24.3 Å². The maximum absolute atomic E-state index is 12.5. The largest absolute Gasteiger partial charge is 0.481 e. The smallest absolute Gasteiger partial charge is 0.320 e. The fraction of sp³-hybridized carbons (Fsp3) is 0.320. The molecule has 1 aliphatic rings. The summed E-state index contributed by atoms with van der Waals surface area (Å²) in [5.74, 6) is -0.967. The zero-order valence-electron chi connectivity index (χ0n) is 19.3. The maximum atomic E-state index is 12.5. The molecule has 0 spiro atoms. The normalized spacial score (nSPS) is 17.4. The van der Waals surface area contributed by atoms with Gasteiger partial charge in [-0.2, -0.15) is 0 Å². The molecule has 1 fully saturated rings. The lowest BCUT2D eigenvalue weighted by molar-refractivity contribution is -0.138. The number of hydrogen-bond acceptors (Lipinski definition) is 7. The summed E-state index contributed by atoms with van der Waals surface area (Å²) in [5, 5.41) is 25.0. The minimum absolute atomic E-state index is 0.0453. The Balaban J connectivity index is 1.31. The zero-order chi connectivity index (χ0) is 24.8. The highest BCUT2D eigenvalue weighted by molar-refractivity contribution is 6.00. The summed E-state index contributed by atoms with van der Waals surface area (Å²) in [4.78, 5) is 34.7. The number of aromatic nitrogens is 2. The predicted octanol–water partition coefficient (Wildman–Crippen LogP) is 4.77. The fourth-order valence-corrected chi connectivity index (χ4v) is 4.34. The van der Waals surface area contributed by atoms with E-state index < -0.39 is 11.9 Å². The summed E-state index contributed by atoms with van der Waals surface area (Å²) in [6.07, 6.45) is 4.01. The van der Waals surface area contributed by atoms with Crippen LogP contribution in [-0.2, 0) is 9.59 Å². The summed E-state index contributed by atoms with van der Waals surface area (Å²) in [7, 11) is 0. The lowest BCUT2D eigenvalue weighted by atomic mass is 9.77. The van der Waals surface area contributed by atoms with Crippen molar-refractivity contribution in [2.75, 3.05) is 16.0 Å². The number of amides is 2. The van der Waals surface area contributed by atoms with E-state index in [0.29, 0.717) is 23.0 Å². The van der Waals surface area contributed by atoms with Crippen LogP contribution in [0.25, 0.3) is 0 Å². The Kier molecular flexibility index (Phi) is 7.39. The van der Waals surface area contributed by atoms with Crippen LogP contribution in [0.4, 0.5) is 23.1 Å². The van der Waals surface area contributed by atoms with Crippen molar-refractivity contribution >= 4 is 40.9 Å². The molecule has 0 radical (unpaired) electrons. The van der Waals surface area contributed by atoms with Crippen molar-refractivity contribution in [3.8, 4) is 0 Å². The number of anilines is 4. The lowest BCUT2D eigenvalue weighted by Gasteiger charge is -2.28. The Bertz CT molecular complexity index is 1200. The number of carboxylic acids is 1. The van der Waals surface area contributed by atoms with Crippen LogP contribution in [0.2, 0.25) is 0 Å². The first-order valence-electron chi connectivity index (χ1n) is 11.5. The molecule has 35 heavy (non-hydrogen) atoms. The molecule has 182 valence electrons. The van der Waals surface area contributed by atoms with Gasteiger partial charge in [0.1, 0.15) is 0 Å². The van der Waals surface area contributed by atoms with Crippen LogP contribution in [0.3, 0.4) is 0 Å². The molecule has 3 aromatic rings. The van der Waals surface area contributed by atoms with Crippen molar-refractivity contribution in [1.82, 2.24) is 10.2 Å². The van der Waals surface area contributed by atoms with Crippen LogP contribution in [-0.4, -0.2) is 33.1 Å². The van der Waals surface area contributed by atoms with Gasteiger partial charge >= 0.3 is 23.8 Å². The monoisotopic (exact) mass is 477 g/mol. The second-order valence-electron chi connectivity index (χ2n) is 8.69. The Labute approximate surface area is 202 Å². The SMILES string of the molecule is CC(=O)Nc1cccc(Nc2nnc(C(=O)Nc3ccc([C@H]4CC[C@H](CC(=O)O)CC4)cc3)o2)c1. The summed E-state index contributed by atoms with van der Waals surface area (Å²) in [5.41, 5.74) is 3.01. The molecule has 10 heteroatoms. The van der Waals surface area contributed by atoms with Crippen LogP contribution in [0.1, 0.15) is 61.2 Å². The average molecular weight is 478 g/mol. The highest BCUT2D eigenvalue weighted by Crippen LogP contribution is 2.37. The average Bonchev–Trinajstić information content (AvgIpc) is 3.28. The van der Waals surface area contributed by atoms with Crippen molar-refractivity contribution in [3.05, 3.63) is 60.0 Å². The molecule has 10 nitrogen and oxygen atoms in total. The van der Waals surface area contributed by atoms with E-state index in [-0.39, 0.29) is 30.2 Å². The standard InChI is InChI=1S/C25H27N5O5/c1-15(31)26-20-3-2-4-21(14-20)28-25-30-29-24(35-25)23(34)27-19-11-9-18(10-12-19)17-7-5-16(6-8-17)13-22(32)33/h2-4,9-12,14,16-17H,5-8,13H2,1H3,(H,26,31)(H,27,34)(H,28,30)(H,32,33)/t16-,17-. The molecule has 1 aromatic heterocycles. The summed E-state index contributed by atoms with van der Waals surface area (Å²) >= 11 is 0. The van der Waals surface area contributed by atoms with Crippen molar-refractivity contribution in [1.29, 1.82) is 0 Å². The summed E-state index contributed by atoms with van der Waals surface area (Å²) < 4.78 is 5.42. The van der Waals surface area contributed by atoms with Crippen LogP contribution in [0.15, 0.2) is 52.9 Å². The molecular weight excluding hydrogens is 450 g/mol. The number of carbonyl (C=O) groups excluding carboxylic acids is 2. The molecule has 1 heterocycles. The molecule has 4 N–H and O–H groups in total. The van der Waals surface area contributed by atoms with Crippen molar-refractivity contribution in [3.63, 3.8) is 0 Å². The first kappa shape index (κ1) is 23.9.